The number of hydrogen-bond donors (Lipinski definition) is 3. The molecule has 25 heavy (non-hydrogen) atoms. The Morgan fingerprint density at radius 1 is 1.44 bits per heavy atom. The fraction of sp³-hybridized carbons (Fsp3) is 0.529. The molecule has 8 heteroatoms. The summed E-state index contributed by atoms with van der Waals surface area (Å²) in [6, 6.07) is 1.69. The number of nitrogens with one attached hydrogen (secondary N) is 2. The van der Waals surface area contributed by atoms with E-state index in [1.54, 1.807) is 6.07 Å². The predicted molar refractivity (Wildman–Crippen MR) is 94.9 cm³/mol. The highest BCUT2D eigenvalue weighted by Crippen LogP contribution is 2.39. The normalized spacial score (nSPS) is 14.0. The minimum atomic E-state index is -0.578. The topological polar surface area (TPSA) is 123 Å². The van der Waals surface area contributed by atoms with E-state index in [1.807, 2.05) is 6.92 Å². The average Bonchev–Trinajstić information content (AvgIpc) is 3.42. The largest absolute Gasteiger partial charge is 0.352 e. The zero-order valence-electron chi connectivity index (χ0n) is 14.3. The zero-order chi connectivity index (χ0) is 18.0. The number of carbonyl (C=O) groups is 1. The van der Waals surface area contributed by atoms with E-state index >= 15 is 0 Å². The van der Waals surface area contributed by atoms with Gasteiger partial charge in [0.15, 0.2) is 5.65 Å². The van der Waals surface area contributed by atoms with Gasteiger partial charge in [-0.05, 0) is 38.3 Å². The van der Waals surface area contributed by atoms with Crippen molar-refractivity contribution in [1.82, 2.24) is 19.9 Å². The first-order valence-electron chi connectivity index (χ1n) is 8.72. The fourth-order valence-corrected chi connectivity index (χ4v) is 2.89. The van der Waals surface area contributed by atoms with Crippen molar-refractivity contribution in [2.75, 3.05) is 13.1 Å². The predicted octanol–water partition coefficient (Wildman–Crippen LogP) is 0.451. The molecule has 134 valence electrons. The average molecular weight is 345 g/mol. The third-order valence-electron chi connectivity index (χ3n) is 4.32. The molecule has 0 saturated heterocycles. The molecule has 1 amide bonds. The second kappa shape index (κ2) is 7.18. The van der Waals surface area contributed by atoms with Gasteiger partial charge in [0.1, 0.15) is 0 Å². The lowest BCUT2D eigenvalue weighted by molar-refractivity contribution is 0.0955. The second-order valence-corrected chi connectivity index (χ2v) is 6.38. The highest BCUT2D eigenvalue weighted by Gasteiger charge is 2.28. The molecule has 1 aliphatic rings. The van der Waals surface area contributed by atoms with Gasteiger partial charge >= 0.3 is 5.69 Å². The first-order valence-corrected chi connectivity index (χ1v) is 8.72. The van der Waals surface area contributed by atoms with Crippen molar-refractivity contribution >= 4 is 16.9 Å². The molecule has 4 N–H and O–H groups in total. The van der Waals surface area contributed by atoms with E-state index in [0.717, 1.165) is 18.5 Å². The molecule has 0 radical (unpaired) electrons. The third-order valence-corrected chi connectivity index (χ3v) is 4.32. The molecule has 0 bridgehead atoms. The number of aromatic nitrogens is 3. The maximum absolute atomic E-state index is 12.6. The Kier molecular flexibility index (Phi) is 4.98. The van der Waals surface area contributed by atoms with Crippen LogP contribution in [0, 0.1) is 0 Å². The number of fused-ring (bicyclic) bond motifs is 1. The number of nitrogens with two attached hydrogens (primary N) is 1. The van der Waals surface area contributed by atoms with Crippen molar-refractivity contribution < 1.29 is 4.79 Å². The van der Waals surface area contributed by atoms with Crippen LogP contribution in [0.4, 0.5) is 0 Å². The highest BCUT2D eigenvalue weighted by molar-refractivity contribution is 6.05. The van der Waals surface area contributed by atoms with Crippen molar-refractivity contribution in [3.05, 3.63) is 38.2 Å². The van der Waals surface area contributed by atoms with E-state index in [9.17, 15) is 14.4 Å². The van der Waals surface area contributed by atoms with Crippen LogP contribution in [0.2, 0.25) is 0 Å². The van der Waals surface area contributed by atoms with Gasteiger partial charge < -0.3 is 11.1 Å². The van der Waals surface area contributed by atoms with E-state index in [-0.39, 0.29) is 16.9 Å². The molecule has 0 unspecified atom stereocenters. The molecular weight excluding hydrogens is 322 g/mol. The Morgan fingerprint density at radius 2 is 2.20 bits per heavy atom. The van der Waals surface area contributed by atoms with Crippen LogP contribution in [0.25, 0.3) is 11.0 Å². The molecule has 2 heterocycles. The van der Waals surface area contributed by atoms with E-state index in [2.05, 4.69) is 15.3 Å². The lowest BCUT2D eigenvalue weighted by Crippen LogP contribution is -2.34. The molecular formula is C17H23N5O3. The van der Waals surface area contributed by atoms with Crippen molar-refractivity contribution in [2.24, 2.45) is 5.73 Å². The summed E-state index contributed by atoms with van der Waals surface area (Å²) < 4.78 is 1.44. The number of carbonyl (C=O) groups excluding carboxylic acids is 1. The van der Waals surface area contributed by atoms with Gasteiger partial charge in [-0.15, -0.1) is 0 Å². The van der Waals surface area contributed by atoms with Crippen LogP contribution >= 0.6 is 0 Å². The Labute approximate surface area is 144 Å². The zero-order valence-corrected chi connectivity index (χ0v) is 14.3. The van der Waals surface area contributed by atoms with Crippen molar-refractivity contribution in [3.8, 4) is 0 Å². The van der Waals surface area contributed by atoms with Gasteiger partial charge in [-0.25, -0.2) is 9.78 Å². The first kappa shape index (κ1) is 17.3. The monoisotopic (exact) mass is 345 g/mol. The van der Waals surface area contributed by atoms with Crippen LogP contribution in [0.1, 0.15) is 54.6 Å². The summed E-state index contributed by atoms with van der Waals surface area (Å²) in [5, 5.41) is 2.95. The molecule has 0 aliphatic heterocycles. The number of H-pyrrole nitrogens is 1. The number of pyridine rings is 1. The number of rotatable bonds is 7. The van der Waals surface area contributed by atoms with Crippen LogP contribution in [0.5, 0.6) is 0 Å². The molecule has 8 nitrogen and oxygen atoms in total. The van der Waals surface area contributed by atoms with Gasteiger partial charge in [-0.1, -0.05) is 6.92 Å². The summed E-state index contributed by atoms with van der Waals surface area (Å²) >= 11 is 0. The molecule has 0 spiro atoms. The Hall–Kier alpha value is -2.48. The van der Waals surface area contributed by atoms with Gasteiger partial charge in [0.25, 0.3) is 11.5 Å². The summed E-state index contributed by atoms with van der Waals surface area (Å²) in [7, 11) is 0. The van der Waals surface area contributed by atoms with E-state index in [0.29, 0.717) is 44.0 Å². The highest BCUT2D eigenvalue weighted by atomic mass is 16.2. The molecule has 3 rings (SSSR count). The molecule has 1 aliphatic carbocycles. The minimum absolute atomic E-state index is 0.169. The van der Waals surface area contributed by atoms with Crippen molar-refractivity contribution in [2.45, 2.75) is 45.1 Å². The Balaban J connectivity index is 2.20. The van der Waals surface area contributed by atoms with Gasteiger partial charge in [0.05, 0.1) is 10.9 Å². The van der Waals surface area contributed by atoms with Crippen LogP contribution in [-0.4, -0.2) is 33.5 Å². The summed E-state index contributed by atoms with van der Waals surface area (Å²) in [6.07, 6.45) is 3.39. The minimum Gasteiger partial charge on any atom is -0.352 e. The lowest BCUT2D eigenvalue weighted by Gasteiger charge is -2.13. The van der Waals surface area contributed by atoms with Crippen molar-refractivity contribution in [3.63, 3.8) is 0 Å². The third kappa shape index (κ3) is 3.48. The van der Waals surface area contributed by atoms with Gasteiger partial charge in [-0.3, -0.25) is 19.1 Å². The van der Waals surface area contributed by atoms with Crippen LogP contribution < -0.4 is 22.3 Å². The summed E-state index contributed by atoms with van der Waals surface area (Å²) in [5.41, 5.74) is 5.72. The van der Waals surface area contributed by atoms with E-state index in [1.165, 1.54) is 4.57 Å². The Bertz CT molecular complexity index is 911. The van der Waals surface area contributed by atoms with Gasteiger partial charge in [-0.2, -0.15) is 0 Å². The first-order chi connectivity index (χ1) is 12.1. The maximum atomic E-state index is 12.6. The van der Waals surface area contributed by atoms with Crippen LogP contribution in [-0.2, 0) is 6.54 Å². The van der Waals surface area contributed by atoms with E-state index < -0.39 is 11.2 Å². The van der Waals surface area contributed by atoms with Crippen LogP contribution in [0.3, 0.4) is 0 Å². The number of aryl methyl sites for hydroxylation is 1. The van der Waals surface area contributed by atoms with Crippen molar-refractivity contribution in [1.29, 1.82) is 0 Å². The smallest absolute Gasteiger partial charge is 0.329 e. The molecule has 1 fully saturated rings. The number of hydrogen-bond acceptors (Lipinski definition) is 5. The SMILES string of the molecule is CCCn1c(=O)[nH]c(=O)c2c(C(=O)NCCCN)cc(C3CC3)nc21. The quantitative estimate of drug-likeness (QED) is 0.629. The summed E-state index contributed by atoms with van der Waals surface area (Å²) in [4.78, 5) is 44.1. The maximum Gasteiger partial charge on any atom is 0.329 e. The standard InChI is InChI=1S/C17H23N5O3/c1-2-8-22-14-13(16(24)21-17(22)25)11(15(23)19-7-3-6-18)9-12(20-14)10-4-5-10/h9-10H,2-8,18H2,1H3,(H,19,23)(H,21,24,25). The lowest BCUT2D eigenvalue weighted by atomic mass is 10.1. The number of amides is 1. The Morgan fingerprint density at radius 3 is 2.84 bits per heavy atom. The number of aromatic amines is 1. The van der Waals surface area contributed by atoms with Crippen LogP contribution in [0.15, 0.2) is 15.7 Å². The molecule has 0 atom stereocenters. The summed E-state index contributed by atoms with van der Waals surface area (Å²) in [5.74, 6) is -0.0422. The second-order valence-electron chi connectivity index (χ2n) is 6.38. The molecule has 2 aromatic heterocycles. The molecule has 0 aromatic carbocycles. The van der Waals surface area contributed by atoms with E-state index in [4.69, 9.17) is 5.73 Å². The fourth-order valence-electron chi connectivity index (χ4n) is 2.89. The molecule has 2 aromatic rings. The molecule has 1 saturated carbocycles. The van der Waals surface area contributed by atoms with Gasteiger partial charge in [0, 0.05) is 24.7 Å². The summed E-state index contributed by atoms with van der Waals surface area (Å²) in [6.45, 7) is 3.28. The number of nitrogens with zero attached hydrogens (tertiary/aromatic N) is 2. The van der Waals surface area contributed by atoms with Gasteiger partial charge in [0.2, 0.25) is 0 Å².